The Kier molecular flexibility index (Phi) is 3.68. The van der Waals surface area contributed by atoms with Crippen LogP contribution in [0.4, 0.5) is 0 Å². The van der Waals surface area contributed by atoms with Crippen LogP contribution in [0.5, 0.6) is 0 Å². The summed E-state index contributed by atoms with van der Waals surface area (Å²) < 4.78 is 1.66. The first-order chi connectivity index (χ1) is 11.7. The maximum atomic E-state index is 12.6. The molecule has 0 radical (unpaired) electrons. The van der Waals surface area contributed by atoms with Crippen LogP contribution in [0, 0.1) is 6.92 Å². The summed E-state index contributed by atoms with van der Waals surface area (Å²) in [5.41, 5.74) is 2.64. The van der Waals surface area contributed by atoms with Crippen molar-refractivity contribution in [1.29, 1.82) is 0 Å². The minimum atomic E-state index is 0.0563. The number of carbonyl (C=O) groups is 1. The summed E-state index contributed by atoms with van der Waals surface area (Å²) in [6.07, 6.45) is 2.68. The fourth-order valence-corrected chi connectivity index (χ4v) is 3.12. The number of para-hydroxylation sites is 1. The highest BCUT2D eigenvalue weighted by molar-refractivity contribution is 5.80. The molecule has 0 saturated carbocycles. The molecule has 0 aliphatic carbocycles. The maximum Gasteiger partial charge on any atom is 0.244 e. The molecule has 1 atom stereocenters. The minimum absolute atomic E-state index is 0.0563. The molecule has 1 amide bonds. The molecule has 3 heterocycles. The molecule has 4 rings (SSSR count). The van der Waals surface area contributed by atoms with Crippen molar-refractivity contribution in [2.24, 2.45) is 0 Å². The molecule has 1 fully saturated rings. The second-order valence-electron chi connectivity index (χ2n) is 6.12. The van der Waals surface area contributed by atoms with E-state index in [1.807, 2.05) is 42.2 Å². The Morgan fingerprint density at radius 3 is 3.04 bits per heavy atom. The molecule has 1 aromatic carbocycles. The van der Waals surface area contributed by atoms with Gasteiger partial charge in [-0.05, 0) is 31.5 Å². The summed E-state index contributed by atoms with van der Waals surface area (Å²) in [6, 6.07) is 9.54. The number of hydrogen-bond donors (Lipinski definition) is 0. The fraction of sp³-hybridized carbons (Fsp3) is 0.353. The summed E-state index contributed by atoms with van der Waals surface area (Å²) in [5.74, 6) is 1.10. The van der Waals surface area contributed by atoms with Crippen LogP contribution in [0.3, 0.4) is 0 Å². The first kappa shape index (κ1) is 14.7. The Balaban J connectivity index is 1.46. The van der Waals surface area contributed by atoms with Gasteiger partial charge in [0.15, 0.2) is 0 Å². The molecule has 7 nitrogen and oxygen atoms in total. The maximum absolute atomic E-state index is 12.6. The molecule has 1 saturated heterocycles. The minimum Gasteiger partial charge on any atom is -0.340 e. The number of rotatable bonds is 3. The predicted molar refractivity (Wildman–Crippen MR) is 88.2 cm³/mol. The summed E-state index contributed by atoms with van der Waals surface area (Å²) in [7, 11) is 0. The van der Waals surface area contributed by atoms with E-state index in [1.165, 1.54) is 0 Å². The molecule has 1 aliphatic rings. The Labute approximate surface area is 139 Å². The van der Waals surface area contributed by atoms with E-state index in [4.69, 9.17) is 0 Å². The van der Waals surface area contributed by atoms with Gasteiger partial charge >= 0.3 is 0 Å². The van der Waals surface area contributed by atoms with Crippen LogP contribution < -0.4 is 0 Å². The van der Waals surface area contributed by atoms with E-state index in [2.05, 4.69) is 20.3 Å². The molecular weight excluding hydrogens is 304 g/mol. The standard InChI is InChI=1S/C17H18N6O/c1-12-6-8-18-17(19-12)13-7-9-22(10-13)16(24)11-23-15-5-3-2-4-14(15)20-21-23/h2-6,8,13H,7,9-11H2,1H3/t13-/m0/s1. The van der Waals surface area contributed by atoms with Crippen LogP contribution >= 0.6 is 0 Å². The number of carbonyl (C=O) groups excluding carboxylic acids is 1. The van der Waals surface area contributed by atoms with Crippen molar-refractivity contribution in [3.63, 3.8) is 0 Å². The number of nitrogens with zero attached hydrogens (tertiary/aromatic N) is 6. The number of hydrogen-bond acceptors (Lipinski definition) is 5. The highest BCUT2D eigenvalue weighted by atomic mass is 16.2. The van der Waals surface area contributed by atoms with E-state index in [9.17, 15) is 4.79 Å². The number of likely N-dealkylation sites (tertiary alicyclic amines) is 1. The van der Waals surface area contributed by atoms with Crippen molar-refractivity contribution in [2.75, 3.05) is 13.1 Å². The van der Waals surface area contributed by atoms with E-state index < -0.39 is 0 Å². The van der Waals surface area contributed by atoms with Gasteiger partial charge in [0.1, 0.15) is 17.9 Å². The fourth-order valence-electron chi connectivity index (χ4n) is 3.12. The van der Waals surface area contributed by atoms with Gasteiger partial charge < -0.3 is 4.90 Å². The van der Waals surface area contributed by atoms with Crippen LogP contribution in [0.15, 0.2) is 36.5 Å². The lowest BCUT2D eigenvalue weighted by Gasteiger charge is -2.16. The van der Waals surface area contributed by atoms with Crippen molar-refractivity contribution in [3.05, 3.63) is 48.0 Å². The van der Waals surface area contributed by atoms with Gasteiger partial charge in [0.2, 0.25) is 5.91 Å². The van der Waals surface area contributed by atoms with Gasteiger partial charge in [0, 0.05) is 30.9 Å². The zero-order valence-corrected chi connectivity index (χ0v) is 13.5. The summed E-state index contributed by atoms with van der Waals surface area (Å²) in [5, 5.41) is 8.18. The largest absolute Gasteiger partial charge is 0.340 e. The molecule has 0 spiro atoms. The lowest BCUT2D eigenvalue weighted by atomic mass is 10.1. The van der Waals surface area contributed by atoms with Crippen LogP contribution in [-0.4, -0.2) is 48.9 Å². The number of benzene rings is 1. The molecule has 24 heavy (non-hydrogen) atoms. The quantitative estimate of drug-likeness (QED) is 0.731. The molecule has 122 valence electrons. The van der Waals surface area contributed by atoms with Gasteiger partial charge in [-0.3, -0.25) is 4.79 Å². The Hall–Kier alpha value is -2.83. The van der Waals surface area contributed by atoms with E-state index >= 15 is 0 Å². The predicted octanol–water partition coefficient (Wildman–Crippen LogP) is 1.55. The van der Waals surface area contributed by atoms with Gasteiger partial charge in [-0.15, -0.1) is 5.10 Å². The second-order valence-corrected chi connectivity index (χ2v) is 6.12. The lowest BCUT2D eigenvalue weighted by molar-refractivity contribution is -0.130. The van der Waals surface area contributed by atoms with Gasteiger partial charge in [-0.2, -0.15) is 0 Å². The average molecular weight is 322 g/mol. The molecule has 2 aromatic heterocycles. The summed E-state index contributed by atoms with van der Waals surface area (Å²) in [4.78, 5) is 23.3. The zero-order chi connectivity index (χ0) is 16.5. The van der Waals surface area contributed by atoms with Gasteiger partial charge in [0.05, 0.1) is 5.52 Å². The van der Waals surface area contributed by atoms with E-state index in [-0.39, 0.29) is 18.4 Å². The monoisotopic (exact) mass is 322 g/mol. The third-order valence-corrected chi connectivity index (χ3v) is 4.42. The van der Waals surface area contributed by atoms with Crippen LogP contribution in [0.2, 0.25) is 0 Å². The van der Waals surface area contributed by atoms with Crippen LogP contribution in [-0.2, 0) is 11.3 Å². The Morgan fingerprint density at radius 2 is 2.17 bits per heavy atom. The van der Waals surface area contributed by atoms with Crippen molar-refractivity contribution < 1.29 is 4.79 Å². The van der Waals surface area contributed by atoms with Crippen LogP contribution in [0.1, 0.15) is 23.9 Å². The molecule has 1 aliphatic heterocycles. The van der Waals surface area contributed by atoms with E-state index in [0.29, 0.717) is 6.54 Å². The highest BCUT2D eigenvalue weighted by Gasteiger charge is 2.29. The second kappa shape index (κ2) is 5.99. The SMILES string of the molecule is Cc1ccnc([C@H]2CCN(C(=O)Cn3nnc4ccccc43)C2)n1. The molecular formula is C17H18N6O. The highest BCUT2D eigenvalue weighted by Crippen LogP contribution is 2.25. The summed E-state index contributed by atoms with van der Waals surface area (Å²) >= 11 is 0. The van der Waals surface area contributed by atoms with Gasteiger partial charge in [0.25, 0.3) is 0 Å². The number of amides is 1. The molecule has 0 unspecified atom stereocenters. The van der Waals surface area contributed by atoms with Crippen molar-refractivity contribution in [1.82, 2.24) is 29.9 Å². The molecule has 7 heteroatoms. The molecule has 0 bridgehead atoms. The first-order valence-corrected chi connectivity index (χ1v) is 8.06. The summed E-state index contributed by atoms with van der Waals surface area (Å²) in [6.45, 7) is 3.56. The lowest BCUT2D eigenvalue weighted by Crippen LogP contribution is -2.32. The topological polar surface area (TPSA) is 76.8 Å². The average Bonchev–Trinajstić information content (AvgIpc) is 3.23. The number of aromatic nitrogens is 5. The van der Waals surface area contributed by atoms with Crippen molar-refractivity contribution in [3.8, 4) is 0 Å². The van der Waals surface area contributed by atoms with Crippen LogP contribution in [0.25, 0.3) is 11.0 Å². The third-order valence-electron chi connectivity index (χ3n) is 4.42. The third kappa shape index (κ3) is 2.73. The normalized spacial score (nSPS) is 17.5. The first-order valence-electron chi connectivity index (χ1n) is 8.06. The van der Waals surface area contributed by atoms with Gasteiger partial charge in [-0.1, -0.05) is 17.3 Å². The smallest absolute Gasteiger partial charge is 0.244 e. The Morgan fingerprint density at radius 1 is 1.29 bits per heavy atom. The molecule has 0 N–H and O–H groups in total. The molecule has 3 aromatic rings. The zero-order valence-electron chi connectivity index (χ0n) is 13.5. The van der Waals surface area contributed by atoms with Crippen molar-refractivity contribution >= 4 is 16.9 Å². The number of aryl methyl sites for hydroxylation is 1. The van der Waals surface area contributed by atoms with E-state index in [1.54, 1.807) is 10.9 Å². The number of fused-ring (bicyclic) bond motifs is 1. The van der Waals surface area contributed by atoms with Gasteiger partial charge in [-0.25, -0.2) is 14.6 Å². The Bertz CT molecular complexity index is 889. The van der Waals surface area contributed by atoms with Crippen molar-refractivity contribution in [2.45, 2.75) is 25.8 Å². The van der Waals surface area contributed by atoms with E-state index in [0.717, 1.165) is 35.5 Å².